The molecule has 3 aromatic rings. The van der Waals surface area contributed by atoms with Crippen LogP contribution in [0.3, 0.4) is 0 Å². The van der Waals surface area contributed by atoms with E-state index >= 15 is 0 Å². The van der Waals surface area contributed by atoms with Crippen molar-refractivity contribution in [1.82, 2.24) is 0 Å². The summed E-state index contributed by atoms with van der Waals surface area (Å²) in [4.78, 5) is 0. The lowest BCUT2D eigenvalue weighted by Crippen LogP contribution is -2.38. The van der Waals surface area contributed by atoms with Crippen molar-refractivity contribution >= 4 is 56.5 Å². The maximum atomic E-state index is 12.9. The maximum Gasteiger partial charge on any atom is 0.283 e. The minimum Gasteiger partial charge on any atom is -0.508 e. The Kier molecular flexibility index (Phi) is 5.98. The molecule has 0 bridgehead atoms. The molecular formula is C19H12Cl4O5S. The average Bonchev–Trinajstić information content (AvgIpc) is 2.63. The lowest BCUT2D eigenvalue weighted by molar-refractivity contribution is 0.456. The zero-order valence-electron chi connectivity index (χ0n) is 14.3. The van der Waals surface area contributed by atoms with Gasteiger partial charge in [0.2, 0.25) is 0 Å². The predicted molar refractivity (Wildman–Crippen MR) is 114 cm³/mol. The molecule has 0 heterocycles. The Hall–Kier alpha value is -1.67. The highest BCUT2D eigenvalue weighted by molar-refractivity contribution is 7.87. The Labute approximate surface area is 186 Å². The van der Waals surface area contributed by atoms with E-state index in [0.29, 0.717) is 0 Å². The molecule has 3 aromatic carbocycles. The average molecular weight is 494 g/mol. The molecule has 10 heteroatoms. The molecule has 0 aliphatic carbocycles. The SMILES string of the molecule is O=S(=O)(O)C(c1ccc(O)cc1)(c1ccc(O)c(Cl)c1)c1cc(Cl)c(Cl)cc1Cl. The van der Waals surface area contributed by atoms with Crippen molar-refractivity contribution in [2.45, 2.75) is 4.75 Å². The smallest absolute Gasteiger partial charge is 0.283 e. The molecule has 29 heavy (non-hydrogen) atoms. The van der Waals surface area contributed by atoms with Crippen molar-refractivity contribution in [2.75, 3.05) is 0 Å². The number of aromatic hydroxyl groups is 2. The quantitative estimate of drug-likeness (QED) is 0.239. The van der Waals surface area contributed by atoms with E-state index < -0.39 is 14.9 Å². The number of phenolic OH excluding ortho intramolecular Hbond substituents is 2. The third-order valence-corrected chi connectivity index (χ3v) is 7.21. The van der Waals surface area contributed by atoms with Gasteiger partial charge in [-0.05, 0) is 47.5 Å². The van der Waals surface area contributed by atoms with Crippen molar-refractivity contribution in [3.05, 3.63) is 91.4 Å². The van der Waals surface area contributed by atoms with E-state index in [2.05, 4.69) is 0 Å². The summed E-state index contributed by atoms with van der Waals surface area (Å²) in [6.45, 7) is 0. The van der Waals surface area contributed by atoms with Gasteiger partial charge in [-0.15, -0.1) is 0 Å². The fourth-order valence-corrected chi connectivity index (χ4v) is 5.36. The number of benzene rings is 3. The summed E-state index contributed by atoms with van der Waals surface area (Å²) in [6, 6.07) is 11.3. The molecule has 152 valence electrons. The molecule has 3 N–H and O–H groups in total. The summed E-state index contributed by atoms with van der Waals surface area (Å²) in [5.41, 5.74) is -0.0721. The Morgan fingerprint density at radius 1 is 0.690 bits per heavy atom. The van der Waals surface area contributed by atoms with Gasteiger partial charge in [0.25, 0.3) is 10.1 Å². The minimum atomic E-state index is -4.99. The summed E-state index contributed by atoms with van der Waals surface area (Å²) < 4.78 is 34.1. The fraction of sp³-hybridized carbons (Fsp3) is 0.0526. The molecule has 0 fully saturated rings. The van der Waals surface area contributed by atoms with Crippen LogP contribution in [0.2, 0.25) is 20.1 Å². The molecule has 0 radical (unpaired) electrons. The molecule has 5 nitrogen and oxygen atoms in total. The topological polar surface area (TPSA) is 94.8 Å². The summed E-state index contributed by atoms with van der Waals surface area (Å²) in [7, 11) is -4.99. The van der Waals surface area contributed by atoms with Crippen LogP contribution in [0.1, 0.15) is 16.7 Å². The van der Waals surface area contributed by atoms with E-state index in [1.165, 1.54) is 54.6 Å². The van der Waals surface area contributed by atoms with Crippen molar-refractivity contribution < 1.29 is 23.2 Å². The van der Waals surface area contributed by atoms with Crippen LogP contribution in [0, 0.1) is 0 Å². The lowest BCUT2D eigenvalue weighted by Gasteiger charge is -2.33. The van der Waals surface area contributed by atoms with Crippen LogP contribution in [-0.2, 0) is 14.9 Å². The summed E-state index contributed by atoms with van der Waals surface area (Å²) >= 11 is 24.5. The second-order valence-electron chi connectivity index (χ2n) is 6.12. The van der Waals surface area contributed by atoms with Gasteiger partial charge in [-0.1, -0.05) is 64.6 Å². The molecule has 0 aliphatic rings. The van der Waals surface area contributed by atoms with E-state index in [0.717, 1.165) is 0 Å². The van der Waals surface area contributed by atoms with Crippen LogP contribution < -0.4 is 0 Å². The third-order valence-electron chi connectivity index (χ3n) is 4.40. The largest absolute Gasteiger partial charge is 0.508 e. The van der Waals surface area contributed by atoms with Gasteiger partial charge in [0.05, 0.1) is 15.1 Å². The van der Waals surface area contributed by atoms with Gasteiger partial charge in [-0.2, -0.15) is 8.42 Å². The van der Waals surface area contributed by atoms with Crippen LogP contribution >= 0.6 is 46.4 Å². The molecule has 0 saturated carbocycles. The molecule has 3 rings (SSSR count). The van der Waals surface area contributed by atoms with Crippen LogP contribution in [0.5, 0.6) is 11.5 Å². The second-order valence-corrected chi connectivity index (χ2v) is 9.31. The Morgan fingerprint density at radius 3 is 1.79 bits per heavy atom. The van der Waals surface area contributed by atoms with Gasteiger partial charge in [-0.25, -0.2) is 0 Å². The van der Waals surface area contributed by atoms with E-state index in [4.69, 9.17) is 46.4 Å². The van der Waals surface area contributed by atoms with Gasteiger partial charge in [-0.3, -0.25) is 4.55 Å². The highest BCUT2D eigenvalue weighted by Crippen LogP contribution is 2.49. The summed E-state index contributed by atoms with van der Waals surface area (Å²) in [5.74, 6) is -0.410. The minimum absolute atomic E-state index is 0.00254. The fourth-order valence-electron chi connectivity index (χ4n) is 3.13. The Bertz CT molecular complexity index is 1200. The van der Waals surface area contributed by atoms with Gasteiger partial charge < -0.3 is 10.2 Å². The highest BCUT2D eigenvalue weighted by Gasteiger charge is 2.50. The molecule has 0 aromatic heterocycles. The van der Waals surface area contributed by atoms with Crippen LogP contribution in [0.25, 0.3) is 0 Å². The molecule has 0 aliphatic heterocycles. The van der Waals surface area contributed by atoms with E-state index in [1.54, 1.807) is 0 Å². The number of phenols is 2. The van der Waals surface area contributed by atoms with Gasteiger partial charge >= 0.3 is 0 Å². The first-order valence-electron chi connectivity index (χ1n) is 7.89. The molecule has 1 atom stereocenters. The molecular weight excluding hydrogens is 482 g/mol. The van der Waals surface area contributed by atoms with Gasteiger partial charge in [0, 0.05) is 10.6 Å². The molecule has 0 saturated heterocycles. The van der Waals surface area contributed by atoms with Gasteiger partial charge in [0.15, 0.2) is 4.75 Å². The first-order valence-corrected chi connectivity index (χ1v) is 10.8. The van der Waals surface area contributed by atoms with Gasteiger partial charge in [0.1, 0.15) is 11.5 Å². The highest BCUT2D eigenvalue weighted by atomic mass is 35.5. The van der Waals surface area contributed by atoms with E-state index in [-0.39, 0.29) is 48.3 Å². The van der Waals surface area contributed by atoms with E-state index in [9.17, 15) is 23.2 Å². The van der Waals surface area contributed by atoms with Crippen molar-refractivity contribution in [3.8, 4) is 11.5 Å². The Balaban J connectivity index is 2.56. The first kappa shape index (κ1) is 22.0. The summed E-state index contributed by atoms with van der Waals surface area (Å²) in [6.07, 6.45) is 0. The van der Waals surface area contributed by atoms with Crippen LogP contribution in [-0.4, -0.2) is 23.2 Å². The predicted octanol–water partition coefficient (Wildman–Crippen LogP) is 5.89. The second kappa shape index (κ2) is 7.87. The van der Waals surface area contributed by atoms with Crippen LogP contribution in [0.4, 0.5) is 0 Å². The van der Waals surface area contributed by atoms with E-state index in [1.807, 2.05) is 0 Å². The van der Waals surface area contributed by atoms with Crippen molar-refractivity contribution in [3.63, 3.8) is 0 Å². The molecule has 1 unspecified atom stereocenters. The number of halogens is 4. The molecule has 0 amide bonds. The van der Waals surface area contributed by atoms with Crippen molar-refractivity contribution in [1.29, 1.82) is 0 Å². The summed E-state index contributed by atoms with van der Waals surface area (Å²) in [5, 5.41) is 19.3. The monoisotopic (exact) mass is 492 g/mol. The zero-order chi connectivity index (χ0) is 21.6. The first-order chi connectivity index (χ1) is 13.5. The maximum absolute atomic E-state index is 12.9. The van der Waals surface area contributed by atoms with Crippen LogP contribution in [0.15, 0.2) is 54.6 Å². The number of hydrogen-bond donors (Lipinski definition) is 3. The number of rotatable bonds is 4. The van der Waals surface area contributed by atoms with Crippen molar-refractivity contribution in [2.24, 2.45) is 0 Å². The third kappa shape index (κ3) is 3.77. The normalized spacial score (nSPS) is 13.8. The standard InChI is InChI=1S/C19H12Cl4O5S/c20-14-9-16(22)15(21)8-13(14)19(29(26,27)28,10-1-4-12(24)5-2-10)11-3-6-18(25)17(23)7-11/h1-9,24-25H,(H,26,27,28). The zero-order valence-corrected chi connectivity index (χ0v) is 18.1. The Morgan fingerprint density at radius 2 is 1.24 bits per heavy atom. The number of hydrogen-bond acceptors (Lipinski definition) is 4. The molecule has 0 spiro atoms. The lowest BCUT2D eigenvalue weighted by atomic mass is 9.83.